The zero-order valence-electron chi connectivity index (χ0n) is 15.4. The fraction of sp³-hybridized carbons (Fsp3) is 0.938. The van der Waals surface area contributed by atoms with Gasteiger partial charge in [0.2, 0.25) is 0 Å². The van der Waals surface area contributed by atoms with E-state index in [1.807, 2.05) is 0 Å². The molecule has 0 radical (unpaired) electrons. The van der Waals surface area contributed by atoms with Crippen LogP contribution in [0.1, 0.15) is 6.92 Å². The molecule has 0 aromatic rings. The van der Waals surface area contributed by atoms with Crippen molar-refractivity contribution in [1.29, 1.82) is 0 Å². The normalized spacial score (nSPS) is 20.9. The van der Waals surface area contributed by atoms with E-state index in [4.69, 9.17) is 10.5 Å². The van der Waals surface area contributed by atoms with E-state index in [1.54, 1.807) is 0 Å². The van der Waals surface area contributed by atoms with Crippen LogP contribution in [0.4, 0.5) is 0 Å². The molecular weight excluding hydrogens is 328 g/mol. The second-order valence-electron chi connectivity index (χ2n) is 6.25. The van der Waals surface area contributed by atoms with Gasteiger partial charge in [-0.25, -0.2) is 9.78 Å². The molecular formula is C16H34N4O5. The molecule has 0 saturated carbocycles. The first kappa shape index (κ1) is 22.4. The molecule has 0 spiro atoms. The van der Waals surface area contributed by atoms with E-state index < -0.39 is 0 Å². The maximum atomic E-state index is 10.9. The van der Waals surface area contributed by atoms with E-state index in [1.165, 1.54) is 0 Å². The molecule has 9 nitrogen and oxygen atoms in total. The van der Waals surface area contributed by atoms with Crippen LogP contribution in [0.3, 0.4) is 0 Å². The van der Waals surface area contributed by atoms with Crippen molar-refractivity contribution in [1.82, 2.24) is 19.6 Å². The number of nitrogens with zero attached hydrogens (tertiary/aromatic N) is 4. The van der Waals surface area contributed by atoms with Gasteiger partial charge in [0.1, 0.15) is 6.29 Å². The number of carbonyl (C=O) groups excluding carboxylic acids is 1. The summed E-state index contributed by atoms with van der Waals surface area (Å²) in [7, 11) is 0. The monoisotopic (exact) mass is 362 g/mol. The molecule has 0 amide bonds. The van der Waals surface area contributed by atoms with Crippen LogP contribution in [-0.4, -0.2) is 128 Å². The predicted molar refractivity (Wildman–Crippen MR) is 94.7 cm³/mol. The summed E-state index contributed by atoms with van der Waals surface area (Å²) in [6.07, 6.45) is 0.958. The number of hydrogen-bond donors (Lipinski definition) is 2. The first-order valence-corrected chi connectivity index (χ1v) is 9.09. The molecule has 1 aliphatic heterocycles. The van der Waals surface area contributed by atoms with Crippen molar-refractivity contribution in [2.45, 2.75) is 6.92 Å². The van der Waals surface area contributed by atoms with E-state index in [-0.39, 0.29) is 6.61 Å². The van der Waals surface area contributed by atoms with Gasteiger partial charge in [0, 0.05) is 65.4 Å². The fourth-order valence-corrected chi connectivity index (χ4v) is 2.97. The zero-order valence-corrected chi connectivity index (χ0v) is 15.4. The number of carbonyl (C=O) groups is 1. The van der Waals surface area contributed by atoms with Crippen molar-refractivity contribution in [3.05, 3.63) is 0 Å². The summed E-state index contributed by atoms with van der Waals surface area (Å²) in [5, 5.41) is 17.2. The summed E-state index contributed by atoms with van der Waals surface area (Å²) in [5.41, 5.74) is 0. The van der Waals surface area contributed by atoms with Crippen LogP contribution < -0.4 is 0 Å². The van der Waals surface area contributed by atoms with E-state index in [9.17, 15) is 4.79 Å². The van der Waals surface area contributed by atoms with Crippen molar-refractivity contribution in [2.75, 3.05) is 91.8 Å². The molecule has 2 N–H and O–H groups in total. The number of hydrogen-bond acceptors (Lipinski definition) is 9. The van der Waals surface area contributed by atoms with E-state index in [0.29, 0.717) is 26.2 Å². The van der Waals surface area contributed by atoms with Crippen molar-refractivity contribution >= 4 is 6.29 Å². The van der Waals surface area contributed by atoms with Crippen LogP contribution in [-0.2, 0) is 14.6 Å². The first-order chi connectivity index (χ1) is 12.2. The van der Waals surface area contributed by atoms with E-state index in [2.05, 4.69) is 36.3 Å². The Hall–Kier alpha value is -0.650. The van der Waals surface area contributed by atoms with Gasteiger partial charge in [-0.1, -0.05) is 6.92 Å². The molecule has 1 saturated heterocycles. The smallest absolute Gasteiger partial charge is 0.133 e. The third kappa shape index (κ3) is 10.2. The quantitative estimate of drug-likeness (QED) is 0.317. The summed E-state index contributed by atoms with van der Waals surface area (Å²) in [6, 6.07) is 0. The summed E-state index contributed by atoms with van der Waals surface area (Å²) < 4.78 is 0. The molecule has 0 aromatic carbocycles. The number of likely N-dealkylation sites (N-methyl/N-ethyl adjacent to an activating group) is 1. The van der Waals surface area contributed by atoms with Gasteiger partial charge in [0.15, 0.2) is 0 Å². The highest BCUT2D eigenvalue weighted by atomic mass is 17.1. The van der Waals surface area contributed by atoms with Crippen LogP contribution in [0.25, 0.3) is 0 Å². The van der Waals surface area contributed by atoms with Crippen molar-refractivity contribution in [3.63, 3.8) is 0 Å². The van der Waals surface area contributed by atoms with Crippen LogP contribution in [0.2, 0.25) is 0 Å². The average molecular weight is 362 g/mol. The second kappa shape index (κ2) is 14.5. The Kier molecular flexibility index (Phi) is 13.0. The summed E-state index contributed by atoms with van der Waals surface area (Å²) in [4.78, 5) is 28.4. The Morgan fingerprint density at radius 1 is 0.760 bits per heavy atom. The molecule has 1 fully saturated rings. The Morgan fingerprint density at radius 3 is 1.52 bits per heavy atom. The minimum Gasteiger partial charge on any atom is -0.302 e. The second-order valence-corrected chi connectivity index (χ2v) is 6.25. The SMILES string of the molecule is CCN1CCN(CC=O)CCN(CCOO)CCN(CCOO)CC1. The van der Waals surface area contributed by atoms with Gasteiger partial charge in [-0.3, -0.25) is 25.2 Å². The number of aldehydes is 1. The molecule has 1 heterocycles. The minimum absolute atomic E-state index is 0.261. The lowest BCUT2D eigenvalue weighted by atomic mass is 10.3. The standard InChI is InChI=1S/C16H34N4O5/c1-2-17-3-5-18(11-14-21)7-8-20(13-16-25-23)10-9-19(6-4-17)12-15-24-22/h14,22-23H,2-13,15-16H2,1H3. The maximum Gasteiger partial charge on any atom is 0.133 e. The fourth-order valence-electron chi connectivity index (χ4n) is 2.97. The van der Waals surface area contributed by atoms with Crippen LogP contribution in [0, 0.1) is 0 Å². The molecule has 0 unspecified atom stereocenters. The molecule has 148 valence electrons. The third-order valence-corrected chi connectivity index (χ3v) is 4.71. The Labute approximate surface area is 150 Å². The van der Waals surface area contributed by atoms with Crippen molar-refractivity contribution in [2.24, 2.45) is 0 Å². The first-order valence-electron chi connectivity index (χ1n) is 9.09. The lowest BCUT2D eigenvalue weighted by molar-refractivity contribution is -0.245. The average Bonchev–Trinajstić information content (AvgIpc) is 2.62. The van der Waals surface area contributed by atoms with Gasteiger partial charge in [-0.2, -0.15) is 0 Å². The van der Waals surface area contributed by atoms with Crippen LogP contribution in [0.5, 0.6) is 0 Å². The van der Waals surface area contributed by atoms with Gasteiger partial charge in [0.05, 0.1) is 19.8 Å². The van der Waals surface area contributed by atoms with Gasteiger partial charge in [-0.15, -0.1) is 0 Å². The van der Waals surface area contributed by atoms with Gasteiger partial charge in [0.25, 0.3) is 0 Å². The lowest BCUT2D eigenvalue weighted by Crippen LogP contribution is -2.47. The summed E-state index contributed by atoms with van der Waals surface area (Å²) >= 11 is 0. The van der Waals surface area contributed by atoms with Crippen LogP contribution >= 0.6 is 0 Å². The molecule has 0 aromatic heterocycles. The van der Waals surface area contributed by atoms with Crippen molar-refractivity contribution in [3.8, 4) is 0 Å². The molecule has 1 rings (SSSR count). The highest BCUT2D eigenvalue weighted by Gasteiger charge is 2.15. The lowest BCUT2D eigenvalue weighted by Gasteiger charge is -2.33. The maximum absolute atomic E-state index is 10.9. The van der Waals surface area contributed by atoms with Gasteiger partial charge < -0.3 is 9.69 Å². The predicted octanol–water partition coefficient (Wildman–Crippen LogP) is -0.594. The molecule has 0 aliphatic carbocycles. The van der Waals surface area contributed by atoms with Gasteiger partial charge in [-0.05, 0) is 6.54 Å². The van der Waals surface area contributed by atoms with Crippen LogP contribution in [0.15, 0.2) is 0 Å². The Balaban J connectivity index is 2.68. The highest BCUT2D eigenvalue weighted by molar-refractivity contribution is 5.51. The van der Waals surface area contributed by atoms with Crippen molar-refractivity contribution < 1.29 is 25.1 Å². The number of rotatable bonds is 9. The molecule has 0 bridgehead atoms. The summed E-state index contributed by atoms with van der Waals surface area (Å²) in [6.45, 7) is 12.3. The molecule has 25 heavy (non-hydrogen) atoms. The van der Waals surface area contributed by atoms with E-state index in [0.717, 1.165) is 65.2 Å². The molecule has 1 aliphatic rings. The largest absolute Gasteiger partial charge is 0.302 e. The Morgan fingerprint density at radius 2 is 1.16 bits per heavy atom. The zero-order chi connectivity index (χ0) is 18.3. The Bertz CT molecular complexity index is 338. The summed E-state index contributed by atoms with van der Waals surface area (Å²) in [5.74, 6) is 0. The highest BCUT2D eigenvalue weighted by Crippen LogP contribution is 2.00. The van der Waals surface area contributed by atoms with E-state index >= 15 is 0 Å². The van der Waals surface area contributed by atoms with Gasteiger partial charge >= 0.3 is 0 Å². The molecule has 9 heteroatoms. The topological polar surface area (TPSA) is 89.0 Å². The minimum atomic E-state index is 0.261. The molecule has 0 atom stereocenters. The third-order valence-electron chi connectivity index (χ3n) is 4.71.